The highest BCUT2D eigenvalue weighted by molar-refractivity contribution is 6.30. The van der Waals surface area contributed by atoms with Crippen molar-refractivity contribution in [2.45, 2.75) is 45.1 Å². The second-order valence-electron chi connectivity index (χ2n) is 5.82. The van der Waals surface area contributed by atoms with Gasteiger partial charge in [0, 0.05) is 30.3 Å². The zero-order valence-electron chi connectivity index (χ0n) is 12.0. The fraction of sp³-hybridized carbons (Fsp3) is 0.625. The Morgan fingerprint density at radius 2 is 2.16 bits per heavy atom. The van der Waals surface area contributed by atoms with Crippen molar-refractivity contribution in [3.63, 3.8) is 0 Å². The molecular weight excluding hydrogens is 256 g/mol. The van der Waals surface area contributed by atoms with Gasteiger partial charge in [-0.25, -0.2) is 0 Å². The molecule has 2 N–H and O–H groups in total. The van der Waals surface area contributed by atoms with Crippen molar-refractivity contribution in [1.29, 1.82) is 0 Å². The molecule has 1 unspecified atom stereocenters. The Bertz CT molecular complexity index is 415. The molecule has 2 rings (SSSR count). The number of nitrogens with zero attached hydrogens (tertiary/aromatic N) is 1. The smallest absolute Gasteiger partial charge is 0.0426 e. The number of benzene rings is 1. The van der Waals surface area contributed by atoms with Crippen LogP contribution in [-0.2, 0) is 6.42 Å². The summed E-state index contributed by atoms with van der Waals surface area (Å²) in [6, 6.07) is 6.42. The van der Waals surface area contributed by atoms with E-state index in [1.807, 2.05) is 6.07 Å². The summed E-state index contributed by atoms with van der Waals surface area (Å²) >= 11 is 6.16. The average Bonchev–Trinajstić information content (AvgIpc) is 2.35. The summed E-state index contributed by atoms with van der Waals surface area (Å²) in [6.45, 7) is 3.27. The van der Waals surface area contributed by atoms with Gasteiger partial charge in [0.25, 0.3) is 0 Å². The topological polar surface area (TPSA) is 29.3 Å². The van der Waals surface area contributed by atoms with Crippen LogP contribution in [0.5, 0.6) is 0 Å². The molecule has 106 valence electrons. The minimum Gasteiger partial charge on any atom is -0.374 e. The van der Waals surface area contributed by atoms with Gasteiger partial charge in [0.1, 0.15) is 0 Å². The number of nitrogens with two attached hydrogens (primary N) is 1. The zero-order valence-corrected chi connectivity index (χ0v) is 12.8. The van der Waals surface area contributed by atoms with Crippen molar-refractivity contribution in [3.05, 3.63) is 28.8 Å². The van der Waals surface area contributed by atoms with Crippen LogP contribution in [-0.4, -0.2) is 19.6 Å². The van der Waals surface area contributed by atoms with Gasteiger partial charge in [0.05, 0.1) is 0 Å². The lowest BCUT2D eigenvalue weighted by atomic mass is 9.85. The highest BCUT2D eigenvalue weighted by Gasteiger charge is 2.20. The maximum atomic E-state index is 6.16. The SMILES string of the molecule is CCC(N)Cc1ccc(Cl)cc1N(C)CC1CCC1. The van der Waals surface area contributed by atoms with Crippen LogP contribution < -0.4 is 10.6 Å². The maximum absolute atomic E-state index is 6.16. The molecule has 0 bridgehead atoms. The Morgan fingerprint density at radius 3 is 2.74 bits per heavy atom. The lowest BCUT2D eigenvalue weighted by Gasteiger charge is -2.32. The van der Waals surface area contributed by atoms with Crippen LogP contribution in [0.4, 0.5) is 5.69 Å². The molecule has 1 aromatic carbocycles. The van der Waals surface area contributed by atoms with Crippen molar-refractivity contribution in [1.82, 2.24) is 0 Å². The van der Waals surface area contributed by atoms with Gasteiger partial charge in [-0.3, -0.25) is 0 Å². The van der Waals surface area contributed by atoms with Crippen molar-refractivity contribution in [2.75, 3.05) is 18.5 Å². The molecule has 0 aliphatic heterocycles. The molecule has 1 saturated carbocycles. The summed E-state index contributed by atoms with van der Waals surface area (Å²) in [5, 5.41) is 0.810. The fourth-order valence-electron chi connectivity index (χ4n) is 2.65. The summed E-state index contributed by atoms with van der Waals surface area (Å²) < 4.78 is 0. The van der Waals surface area contributed by atoms with Gasteiger partial charge in [0.2, 0.25) is 0 Å². The lowest BCUT2D eigenvalue weighted by Crippen LogP contribution is -2.30. The van der Waals surface area contributed by atoms with E-state index in [0.29, 0.717) is 0 Å². The fourth-order valence-corrected chi connectivity index (χ4v) is 2.82. The van der Waals surface area contributed by atoms with Gasteiger partial charge >= 0.3 is 0 Å². The van der Waals surface area contributed by atoms with Gasteiger partial charge in [0.15, 0.2) is 0 Å². The second-order valence-corrected chi connectivity index (χ2v) is 6.26. The summed E-state index contributed by atoms with van der Waals surface area (Å²) in [5.74, 6) is 0.858. The first kappa shape index (κ1) is 14.7. The van der Waals surface area contributed by atoms with Crippen LogP contribution in [0.15, 0.2) is 18.2 Å². The number of anilines is 1. The molecule has 2 nitrogen and oxygen atoms in total. The quantitative estimate of drug-likeness (QED) is 0.857. The number of rotatable bonds is 6. The molecule has 0 saturated heterocycles. The Labute approximate surface area is 121 Å². The van der Waals surface area contributed by atoms with Crippen LogP contribution in [0.1, 0.15) is 38.2 Å². The number of hydrogen-bond donors (Lipinski definition) is 1. The van der Waals surface area contributed by atoms with Gasteiger partial charge in [-0.1, -0.05) is 31.0 Å². The second kappa shape index (κ2) is 6.62. The average molecular weight is 281 g/mol. The summed E-state index contributed by atoms with van der Waals surface area (Å²) in [7, 11) is 2.17. The first-order valence-corrected chi connectivity index (χ1v) is 7.73. The molecule has 0 amide bonds. The van der Waals surface area contributed by atoms with Gasteiger partial charge in [-0.2, -0.15) is 0 Å². The van der Waals surface area contributed by atoms with Crippen LogP contribution in [0.25, 0.3) is 0 Å². The zero-order chi connectivity index (χ0) is 13.8. The van der Waals surface area contributed by atoms with E-state index in [2.05, 4.69) is 31.0 Å². The standard InChI is InChI=1S/C16H25ClN2/c1-3-15(18)9-13-7-8-14(17)10-16(13)19(2)11-12-5-4-6-12/h7-8,10,12,15H,3-6,9,11,18H2,1-2H3. The van der Waals surface area contributed by atoms with Crippen LogP contribution in [0.3, 0.4) is 0 Å². The molecule has 1 aromatic rings. The first-order valence-electron chi connectivity index (χ1n) is 7.35. The van der Waals surface area contributed by atoms with E-state index in [0.717, 1.165) is 30.3 Å². The summed E-state index contributed by atoms with van der Waals surface area (Å²) in [6.07, 6.45) is 6.07. The molecule has 1 atom stereocenters. The van der Waals surface area contributed by atoms with E-state index in [4.69, 9.17) is 17.3 Å². The van der Waals surface area contributed by atoms with E-state index in [-0.39, 0.29) is 6.04 Å². The molecule has 0 heterocycles. The Morgan fingerprint density at radius 1 is 1.42 bits per heavy atom. The molecule has 0 aromatic heterocycles. The third kappa shape index (κ3) is 3.87. The largest absolute Gasteiger partial charge is 0.374 e. The highest BCUT2D eigenvalue weighted by Crippen LogP contribution is 2.31. The maximum Gasteiger partial charge on any atom is 0.0426 e. The lowest BCUT2D eigenvalue weighted by molar-refractivity contribution is 0.321. The first-order chi connectivity index (χ1) is 9.10. The van der Waals surface area contributed by atoms with Crippen LogP contribution in [0, 0.1) is 5.92 Å². The van der Waals surface area contributed by atoms with Crippen molar-refractivity contribution >= 4 is 17.3 Å². The molecule has 1 fully saturated rings. The predicted molar refractivity (Wildman–Crippen MR) is 84.0 cm³/mol. The van der Waals surface area contributed by atoms with Gasteiger partial charge in [-0.15, -0.1) is 0 Å². The number of halogens is 1. The van der Waals surface area contributed by atoms with Gasteiger partial charge in [-0.05, 0) is 49.3 Å². The summed E-state index contributed by atoms with van der Waals surface area (Å²) in [4.78, 5) is 2.35. The van der Waals surface area contributed by atoms with Crippen LogP contribution >= 0.6 is 11.6 Å². The third-order valence-electron chi connectivity index (χ3n) is 4.22. The van der Waals surface area contributed by atoms with Gasteiger partial charge < -0.3 is 10.6 Å². The Balaban J connectivity index is 2.12. The summed E-state index contributed by atoms with van der Waals surface area (Å²) in [5.41, 5.74) is 8.67. The normalized spacial score (nSPS) is 17.1. The van der Waals surface area contributed by atoms with E-state index in [1.54, 1.807) is 0 Å². The third-order valence-corrected chi connectivity index (χ3v) is 4.46. The van der Waals surface area contributed by atoms with Crippen LogP contribution in [0.2, 0.25) is 5.02 Å². The molecule has 19 heavy (non-hydrogen) atoms. The molecule has 0 radical (unpaired) electrons. The van der Waals surface area contributed by atoms with E-state index < -0.39 is 0 Å². The van der Waals surface area contributed by atoms with E-state index >= 15 is 0 Å². The Hall–Kier alpha value is -0.730. The van der Waals surface area contributed by atoms with E-state index in [1.165, 1.54) is 30.5 Å². The Kier molecular flexibility index (Phi) is 5.12. The minimum atomic E-state index is 0.233. The van der Waals surface area contributed by atoms with Crippen molar-refractivity contribution in [3.8, 4) is 0 Å². The molecule has 1 aliphatic rings. The monoisotopic (exact) mass is 280 g/mol. The van der Waals surface area contributed by atoms with E-state index in [9.17, 15) is 0 Å². The highest BCUT2D eigenvalue weighted by atomic mass is 35.5. The minimum absolute atomic E-state index is 0.233. The van der Waals surface area contributed by atoms with Crippen molar-refractivity contribution in [2.24, 2.45) is 11.7 Å². The van der Waals surface area contributed by atoms with Crippen molar-refractivity contribution < 1.29 is 0 Å². The predicted octanol–water partition coefficient (Wildman–Crippen LogP) is 3.86. The molecule has 0 spiro atoms. The molecular formula is C16H25ClN2. The molecule has 3 heteroatoms. The molecule has 1 aliphatic carbocycles. The number of hydrogen-bond acceptors (Lipinski definition) is 2.